The van der Waals surface area contributed by atoms with E-state index in [0.29, 0.717) is 17.3 Å². The smallest absolute Gasteiger partial charge is 0.329 e. The highest BCUT2D eigenvalue weighted by molar-refractivity contribution is 6.30. The Labute approximate surface area is 142 Å². The fourth-order valence-corrected chi connectivity index (χ4v) is 1.91. The second-order valence-corrected chi connectivity index (χ2v) is 5.16. The minimum Gasteiger partial charge on any atom is -0.362 e. The van der Waals surface area contributed by atoms with Crippen molar-refractivity contribution < 1.29 is 9.72 Å². The third-order valence-electron chi connectivity index (χ3n) is 2.86. The second-order valence-electron chi connectivity index (χ2n) is 4.73. The number of halogens is 1. The summed E-state index contributed by atoms with van der Waals surface area (Å²) in [5.74, 6) is 0.0841. The van der Waals surface area contributed by atoms with Crippen LogP contribution in [0.25, 0.3) is 0 Å². The predicted molar refractivity (Wildman–Crippen MR) is 90.6 cm³/mol. The monoisotopic (exact) mass is 350 g/mol. The van der Waals surface area contributed by atoms with Gasteiger partial charge in [0.05, 0.1) is 4.92 Å². The zero-order valence-corrected chi connectivity index (χ0v) is 13.5. The number of benzene rings is 1. The molecule has 1 heterocycles. The molecule has 1 amide bonds. The Kier molecular flexibility index (Phi) is 5.85. The van der Waals surface area contributed by atoms with E-state index in [0.717, 1.165) is 6.20 Å². The van der Waals surface area contributed by atoms with Gasteiger partial charge in [0.1, 0.15) is 6.20 Å². The van der Waals surface area contributed by atoms with Gasteiger partial charge in [-0.15, -0.1) is 0 Å². The van der Waals surface area contributed by atoms with E-state index in [2.05, 4.69) is 25.9 Å². The molecule has 1 aromatic carbocycles. The topological polar surface area (TPSA) is 122 Å². The van der Waals surface area contributed by atoms with Crippen LogP contribution in [0.4, 0.5) is 23.1 Å². The summed E-state index contributed by atoms with van der Waals surface area (Å²) >= 11 is 5.81. The molecule has 0 aliphatic carbocycles. The number of hydrogen-bond donors (Lipinski definition) is 3. The van der Waals surface area contributed by atoms with Crippen LogP contribution in [0, 0.1) is 10.1 Å². The summed E-state index contributed by atoms with van der Waals surface area (Å²) in [6.45, 7) is 2.00. The fourth-order valence-electron chi connectivity index (χ4n) is 1.78. The lowest BCUT2D eigenvalue weighted by molar-refractivity contribution is -0.384. The van der Waals surface area contributed by atoms with Gasteiger partial charge in [0.2, 0.25) is 17.7 Å². The highest BCUT2D eigenvalue weighted by atomic mass is 35.5. The molecule has 0 aliphatic rings. The lowest BCUT2D eigenvalue weighted by Gasteiger charge is -2.09. The number of anilines is 3. The van der Waals surface area contributed by atoms with E-state index in [-0.39, 0.29) is 29.9 Å². The number of amides is 1. The van der Waals surface area contributed by atoms with Crippen LogP contribution < -0.4 is 16.0 Å². The van der Waals surface area contributed by atoms with E-state index in [1.807, 2.05) is 0 Å². The molecule has 126 valence electrons. The Morgan fingerprint density at radius 1 is 1.29 bits per heavy atom. The first kappa shape index (κ1) is 17.4. The number of nitrogens with one attached hydrogen (secondary N) is 3. The van der Waals surface area contributed by atoms with Crippen LogP contribution in [0.1, 0.15) is 6.92 Å². The van der Waals surface area contributed by atoms with E-state index in [4.69, 9.17) is 11.6 Å². The SMILES string of the molecule is CC(=O)NCCNc1nc(Nc2ccc(Cl)cc2)ncc1[N+](=O)[O-]. The van der Waals surface area contributed by atoms with Gasteiger partial charge in [0.25, 0.3) is 0 Å². The van der Waals surface area contributed by atoms with Crippen molar-refractivity contribution in [3.8, 4) is 0 Å². The molecular weight excluding hydrogens is 336 g/mol. The number of nitrogens with zero attached hydrogens (tertiary/aromatic N) is 3. The van der Waals surface area contributed by atoms with E-state index in [9.17, 15) is 14.9 Å². The number of nitro groups is 1. The Balaban J connectivity index is 2.12. The third kappa shape index (κ3) is 5.06. The lowest BCUT2D eigenvalue weighted by Crippen LogP contribution is -2.26. The molecule has 0 bridgehead atoms. The Morgan fingerprint density at radius 3 is 2.62 bits per heavy atom. The molecule has 3 N–H and O–H groups in total. The molecule has 0 spiro atoms. The Hall–Kier alpha value is -2.94. The molecule has 0 unspecified atom stereocenters. The van der Waals surface area contributed by atoms with Gasteiger partial charge in [-0.05, 0) is 24.3 Å². The number of carbonyl (C=O) groups excluding carboxylic acids is 1. The number of carbonyl (C=O) groups is 1. The van der Waals surface area contributed by atoms with Crippen LogP contribution in [-0.4, -0.2) is 33.9 Å². The van der Waals surface area contributed by atoms with E-state index < -0.39 is 4.92 Å². The summed E-state index contributed by atoms with van der Waals surface area (Å²) in [6.07, 6.45) is 1.12. The van der Waals surface area contributed by atoms with Crippen molar-refractivity contribution >= 4 is 40.6 Å². The minimum atomic E-state index is -0.577. The van der Waals surface area contributed by atoms with Crippen molar-refractivity contribution in [3.63, 3.8) is 0 Å². The molecule has 9 nitrogen and oxygen atoms in total. The van der Waals surface area contributed by atoms with Gasteiger partial charge < -0.3 is 16.0 Å². The van der Waals surface area contributed by atoms with Gasteiger partial charge in [0.15, 0.2) is 0 Å². The first-order chi connectivity index (χ1) is 11.5. The second kappa shape index (κ2) is 8.06. The van der Waals surface area contributed by atoms with Crippen molar-refractivity contribution in [1.29, 1.82) is 0 Å². The molecule has 2 rings (SSSR count). The van der Waals surface area contributed by atoms with Crippen LogP contribution in [-0.2, 0) is 4.79 Å². The van der Waals surface area contributed by atoms with Crippen LogP contribution in [0.5, 0.6) is 0 Å². The van der Waals surface area contributed by atoms with Gasteiger partial charge in [-0.3, -0.25) is 14.9 Å². The summed E-state index contributed by atoms with van der Waals surface area (Å²) < 4.78 is 0. The van der Waals surface area contributed by atoms with Crippen LogP contribution in [0.2, 0.25) is 5.02 Å². The molecule has 0 fully saturated rings. The average Bonchev–Trinajstić information content (AvgIpc) is 2.53. The van der Waals surface area contributed by atoms with Crippen molar-refractivity contribution in [2.24, 2.45) is 0 Å². The third-order valence-corrected chi connectivity index (χ3v) is 3.11. The Morgan fingerprint density at radius 2 is 2.00 bits per heavy atom. The molecule has 0 radical (unpaired) electrons. The van der Waals surface area contributed by atoms with Crippen molar-refractivity contribution in [3.05, 3.63) is 45.6 Å². The zero-order chi connectivity index (χ0) is 17.5. The number of hydrogen-bond acceptors (Lipinski definition) is 7. The fraction of sp³-hybridized carbons (Fsp3) is 0.214. The quantitative estimate of drug-likeness (QED) is 0.398. The van der Waals surface area contributed by atoms with Gasteiger partial charge in [0, 0.05) is 30.7 Å². The zero-order valence-electron chi connectivity index (χ0n) is 12.7. The van der Waals surface area contributed by atoms with Gasteiger partial charge in [-0.2, -0.15) is 4.98 Å². The molecule has 0 saturated heterocycles. The standard InChI is InChI=1S/C14H15ClN6O3/c1-9(22)16-6-7-17-13-12(21(23)24)8-18-14(20-13)19-11-4-2-10(15)3-5-11/h2-5,8H,6-7H2,1H3,(H,16,22)(H2,17,18,19,20). The first-order valence-electron chi connectivity index (χ1n) is 6.98. The largest absolute Gasteiger partial charge is 0.362 e. The van der Waals surface area contributed by atoms with Crippen molar-refractivity contribution in [2.75, 3.05) is 23.7 Å². The summed E-state index contributed by atoms with van der Waals surface area (Å²) in [4.78, 5) is 29.3. The molecule has 2 aromatic rings. The maximum atomic E-state index is 11.1. The summed E-state index contributed by atoms with van der Waals surface area (Å²) in [5.41, 5.74) is 0.442. The van der Waals surface area contributed by atoms with E-state index in [1.54, 1.807) is 24.3 Å². The number of rotatable bonds is 7. The maximum Gasteiger partial charge on any atom is 0.329 e. The van der Waals surface area contributed by atoms with Gasteiger partial charge in [-0.1, -0.05) is 11.6 Å². The number of aromatic nitrogens is 2. The molecule has 24 heavy (non-hydrogen) atoms. The highest BCUT2D eigenvalue weighted by Crippen LogP contribution is 2.23. The molecule has 0 atom stereocenters. The normalized spacial score (nSPS) is 10.1. The minimum absolute atomic E-state index is 0.0665. The molecular formula is C14H15ClN6O3. The molecule has 0 saturated carbocycles. The molecule has 10 heteroatoms. The lowest BCUT2D eigenvalue weighted by atomic mass is 10.3. The van der Waals surface area contributed by atoms with Crippen LogP contribution >= 0.6 is 11.6 Å². The van der Waals surface area contributed by atoms with Crippen molar-refractivity contribution in [2.45, 2.75) is 6.92 Å². The van der Waals surface area contributed by atoms with Crippen LogP contribution in [0.3, 0.4) is 0 Å². The average molecular weight is 351 g/mol. The van der Waals surface area contributed by atoms with Crippen molar-refractivity contribution in [1.82, 2.24) is 15.3 Å². The molecule has 1 aromatic heterocycles. The van der Waals surface area contributed by atoms with E-state index >= 15 is 0 Å². The predicted octanol–water partition coefficient (Wildman–Crippen LogP) is 2.33. The van der Waals surface area contributed by atoms with Crippen LogP contribution in [0.15, 0.2) is 30.5 Å². The molecule has 0 aliphatic heterocycles. The maximum absolute atomic E-state index is 11.1. The van der Waals surface area contributed by atoms with Gasteiger partial charge in [-0.25, -0.2) is 4.98 Å². The summed E-state index contributed by atoms with van der Waals surface area (Å²) in [7, 11) is 0. The first-order valence-corrected chi connectivity index (χ1v) is 7.36. The van der Waals surface area contributed by atoms with E-state index in [1.165, 1.54) is 6.92 Å². The highest BCUT2D eigenvalue weighted by Gasteiger charge is 2.17. The summed E-state index contributed by atoms with van der Waals surface area (Å²) in [6, 6.07) is 6.86. The van der Waals surface area contributed by atoms with Gasteiger partial charge >= 0.3 is 5.69 Å². The Bertz CT molecular complexity index is 738. The summed E-state index contributed by atoms with van der Waals surface area (Å²) in [5, 5.41) is 20.0.